The minimum absolute atomic E-state index is 0.188. The van der Waals surface area contributed by atoms with Gasteiger partial charge in [0.2, 0.25) is 0 Å². The van der Waals surface area contributed by atoms with E-state index in [-0.39, 0.29) is 5.41 Å². The fourth-order valence-electron chi connectivity index (χ4n) is 1.82. The van der Waals surface area contributed by atoms with Gasteiger partial charge in [0.1, 0.15) is 6.04 Å². The average Bonchev–Trinajstić information content (AvgIpc) is 2.23. The first kappa shape index (κ1) is 18.2. The van der Waals surface area contributed by atoms with Gasteiger partial charge in [0.25, 0.3) is 0 Å². The summed E-state index contributed by atoms with van der Waals surface area (Å²) in [4.78, 5) is 34.9. The Hall–Kier alpha value is -1.83. The molecule has 116 valence electrons. The molecule has 0 spiro atoms. The molecule has 0 aromatic heterocycles. The lowest BCUT2D eigenvalue weighted by atomic mass is 9.93. The number of nitrogens with zero attached hydrogens (tertiary/aromatic N) is 1. The number of carboxylic acids is 2. The van der Waals surface area contributed by atoms with E-state index in [2.05, 4.69) is 10.6 Å². The summed E-state index contributed by atoms with van der Waals surface area (Å²) < 4.78 is 0. The number of hydrogen-bond acceptors (Lipinski definition) is 4. The van der Waals surface area contributed by atoms with E-state index >= 15 is 0 Å². The van der Waals surface area contributed by atoms with Crippen molar-refractivity contribution in [3.05, 3.63) is 0 Å². The van der Waals surface area contributed by atoms with Crippen molar-refractivity contribution in [2.75, 3.05) is 27.2 Å². The van der Waals surface area contributed by atoms with Crippen LogP contribution in [0.2, 0.25) is 0 Å². The topological polar surface area (TPSA) is 119 Å². The molecule has 4 N–H and O–H groups in total. The predicted molar refractivity (Wildman–Crippen MR) is 72.5 cm³/mol. The van der Waals surface area contributed by atoms with Gasteiger partial charge in [-0.25, -0.2) is 9.59 Å². The second kappa shape index (κ2) is 7.68. The molecule has 0 unspecified atom stereocenters. The van der Waals surface area contributed by atoms with Crippen molar-refractivity contribution in [3.8, 4) is 0 Å². The number of urea groups is 1. The summed E-state index contributed by atoms with van der Waals surface area (Å²) in [7, 11) is 3.82. The summed E-state index contributed by atoms with van der Waals surface area (Å²) in [6.45, 7) is 5.00. The normalized spacial score (nSPS) is 12.8. The Morgan fingerprint density at radius 2 is 1.75 bits per heavy atom. The molecule has 0 aliphatic carbocycles. The second-order valence-electron chi connectivity index (χ2n) is 5.72. The van der Waals surface area contributed by atoms with Crippen LogP contribution < -0.4 is 10.6 Å². The van der Waals surface area contributed by atoms with Crippen molar-refractivity contribution < 1.29 is 24.6 Å². The molecule has 0 aliphatic rings. The van der Waals surface area contributed by atoms with Crippen LogP contribution in [0.4, 0.5) is 4.79 Å². The molecule has 0 saturated carbocycles. The summed E-state index contributed by atoms with van der Waals surface area (Å²) in [5, 5.41) is 22.1. The van der Waals surface area contributed by atoms with Crippen molar-refractivity contribution >= 4 is 18.0 Å². The standard InChI is InChI=1S/C12H23N3O5/c1-12(2,7-15(3)4)6-13-11(20)14-8(10(18)19)5-9(16)17/h8H,5-7H2,1-4H3,(H,16,17)(H,18,19)(H2,13,14,20)/t8-/m0/s1. The summed E-state index contributed by atoms with van der Waals surface area (Å²) >= 11 is 0. The molecule has 0 heterocycles. The molecular formula is C12H23N3O5. The van der Waals surface area contributed by atoms with Gasteiger partial charge < -0.3 is 25.7 Å². The van der Waals surface area contributed by atoms with Crippen molar-refractivity contribution in [2.45, 2.75) is 26.3 Å². The number of carbonyl (C=O) groups is 3. The number of hydrogen-bond donors (Lipinski definition) is 4. The first-order chi connectivity index (χ1) is 9.03. The Bertz CT molecular complexity index is 368. The minimum Gasteiger partial charge on any atom is -0.481 e. The number of aliphatic carboxylic acids is 2. The first-order valence-corrected chi connectivity index (χ1v) is 6.17. The second-order valence-corrected chi connectivity index (χ2v) is 5.72. The van der Waals surface area contributed by atoms with Crippen LogP contribution >= 0.6 is 0 Å². The van der Waals surface area contributed by atoms with Gasteiger partial charge in [0.05, 0.1) is 6.42 Å². The lowest BCUT2D eigenvalue weighted by Gasteiger charge is -2.28. The zero-order chi connectivity index (χ0) is 15.9. The highest BCUT2D eigenvalue weighted by molar-refractivity contribution is 5.86. The molecule has 0 aliphatic heterocycles. The molecule has 1 atom stereocenters. The maximum Gasteiger partial charge on any atom is 0.326 e. The number of nitrogens with one attached hydrogen (secondary N) is 2. The molecule has 20 heavy (non-hydrogen) atoms. The van der Waals surface area contributed by atoms with Crippen LogP contribution in [0.15, 0.2) is 0 Å². The molecule has 2 amide bonds. The fraction of sp³-hybridized carbons (Fsp3) is 0.750. The van der Waals surface area contributed by atoms with Gasteiger partial charge >= 0.3 is 18.0 Å². The first-order valence-electron chi connectivity index (χ1n) is 6.17. The van der Waals surface area contributed by atoms with E-state index in [4.69, 9.17) is 10.2 Å². The maximum absolute atomic E-state index is 11.6. The van der Waals surface area contributed by atoms with Crippen molar-refractivity contribution in [3.63, 3.8) is 0 Å². The van der Waals surface area contributed by atoms with Gasteiger partial charge in [-0.1, -0.05) is 13.8 Å². The molecule has 0 aromatic rings. The Balaban J connectivity index is 4.33. The molecule has 0 fully saturated rings. The molecular weight excluding hydrogens is 266 g/mol. The van der Waals surface area contributed by atoms with Crippen LogP contribution in [0.5, 0.6) is 0 Å². The zero-order valence-corrected chi connectivity index (χ0v) is 12.3. The number of amides is 2. The van der Waals surface area contributed by atoms with Gasteiger partial charge in [-0.15, -0.1) is 0 Å². The predicted octanol–water partition coefficient (Wildman–Crippen LogP) is -0.199. The monoisotopic (exact) mass is 289 g/mol. The minimum atomic E-state index is -1.44. The molecule has 8 heteroatoms. The van der Waals surface area contributed by atoms with Crippen LogP contribution in [0.25, 0.3) is 0 Å². The molecule has 0 aromatic carbocycles. The van der Waals surface area contributed by atoms with Gasteiger partial charge in [-0.2, -0.15) is 0 Å². The Kier molecular flexibility index (Phi) is 6.98. The summed E-state index contributed by atoms with van der Waals surface area (Å²) in [5.74, 6) is -2.67. The summed E-state index contributed by atoms with van der Waals surface area (Å²) in [6.07, 6.45) is -0.663. The van der Waals surface area contributed by atoms with E-state index in [1.165, 1.54) is 0 Å². The third kappa shape index (κ3) is 8.30. The Morgan fingerprint density at radius 3 is 2.15 bits per heavy atom. The fourth-order valence-corrected chi connectivity index (χ4v) is 1.82. The Morgan fingerprint density at radius 1 is 1.20 bits per heavy atom. The highest BCUT2D eigenvalue weighted by atomic mass is 16.4. The number of carbonyl (C=O) groups excluding carboxylic acids is 1. The highest BCUT2D eigenvalue weighted by Crippen LogP contribution is 2.13. The highest BCUT2D eigenvalue weighted by Gasteiger charge is 2.24. The van der Waals surface area contributed by atoms with Crippen molar-refractivity contribution in [1.29, 1.82) is 0 Å². The average molecular weight is 289 g/mol. The number of carboxylic acid groups (broad SMARTS) is 2. The van der Waals surface area contributed by atoms with Crippen molar-refractivity contribution in [2.24, 2.45) is 5.41 Å². The smallest absolute Gasteiger partial charge is 0.326 e. The van der Waals surface area contributed by atoms with Crippen LogP contribution in [-0.2, 0) is 9.59 Å². The third-order valence-electron chi connectivity index (χ3n) is 2.45. The van der Waals surface area contributed by atoms with Gasteiger partial charge in [-0.3, -0.25) is 4.79 Å². The Labute approximate surface area is 118 Å². The zero-order valence-electron chi connectivity index (χ0n) is 12.3. The molecule has 0 radical (unpaired) electrons. The van der Waals surface area contributed by atoms with Crippen molar-refractivity contribution in [1.82, 2.24) is 15.5 Å². The van der Waals surface area contributed by atoms with E-state index in [1.54, 1.807) is 0 Å². The van der Waals surface area contributed by atoms with E-state index in [0.29, 0.717) is 6.54 Å². The van der Waals surface area contributed by atoms with Gasteiger partial charge in [-0.05, 0) is 19.5 Å². The molecule has 8 nitrogen and oxygen atoms in total. The van der Waals surface area contributed by atoms with Crippen LogP contribution in [0.3, 0.4) is 0 Å². The molecule has 0 saturated heterocycles. The lowest BCUT2D eigenvalue weighted by Crippen LogP contribution is -2.49. The third-order valence-corrected chi connectivity index (χ3v) is 2.45. The molecule has 0 rings (SSSR count). The van der Waals surface area contributed by atoms with Gasteiger partial charge in [0, 0.05) is 13.1 Å². The summed E-state index contributed by atoms with van der Waals surface area (Å²) in [5.41, 5.74) is -0.188. The van der Waals surface area contributed by atoms with Gasteiger partial charge in [0.15, 0.2) is 0 Å². The van der Waals surface area contributed by atoms with Crippen LogP contribution in [-0.4, -0.2) is 66.3 Å². The number of rotatable bonds is 8. The van der Waals surface area contributed by atoms with E-state index in [1.807, 2.05) is 32.8 Å². The lowest BCUT2D eigenvalue weighted by molar-refractivity contribution is -0.145. The SMILES string of the molecule is CN(C)CC(C)(C)CNC(=O)N[C@@H](CC(=O)O)C(=O)O. The quantitative estimate of drug-likeness (QED) is 0.491. The maximum atomic E-state index is 11.6. The van der Waals surface area contributed by atoms with E-state index in [9.17, 15) is 14.4 Å². The van der Waals surface area contributed by atoms with Crippen LogP contribution in [0.1, 0.15) is 20.3 Å². The van der Waals surface area contributed by atoms with E-state index < -0.39 is 30.4 Å². The van der Waals surface area contributed by atoms with Crippen LogP contribution in [0, 0.1) is 5.41 Å². The summed E-state index contributed by atoms with van der Waals surface area (Å²) in [6, 6.07) is -2.13. The largest absolute Gasteiger partial charge is 0.481 e. The van der Waals surface area contributed by atoms with E-state index in [0.717, 1.165) is 6.54 Å². The molecule has 0 bridgehead atoms.